The van der Waals surface area contributed by atoms with Crippen LogP contribution in [0.2, 0.25) is 5.02 Å². The lowest BCUT2D eigenvalue weighted by molar-refractivity contribution is 0.00706. The highest BCUT2D eigenvalue weighted by Gasteiger charge is 2.25. The molecule has 17 heavy (non-hydrogen) atoms. The molecule has 0 saturated heterocycles. The second-order valence-electron chi connectivity index (χ2n) is 4.61. The van der Waals surface area contributed by atoms with Crippen LogP contribution in [0.5, 0.6) is 0 Å². The lowest BCUT2D eigenvalue weighted by Crippen LogP contribution is -2.36. The van der Waals surface area contributed by atoms with Gasteiger partial charge in [-0.1, -0.05) is 11.6 Å². The molecule has 0 heterocycles. The molecule has 6 heteroatoms. The fourth-order valence-electron chi connectivity index (χ4n) is 1.27. The van der Waals surface area contributed by atoms with Gasteiger partial charge in [0, 0.05) is 5.02 Å². The number of hydrogen-bond donors (Lipinski definition) is 2. The number of hydrogen-bond acceptors (Lipinski definition) is 4. The third-order valence-electron chi connectivity index (χ3n) is 1.91. The Hall–Kier alpha value is -1.04. The molecule has 0 aliphatic heterocycles. The Kier molecular flexibility index (Phi) is 4.19. The van der Waals surface area contributed by atoms with E-state index >= 15 is 0 Å². The Balaban J connectivity index is 3.09. The SMILES string of the molecule is CC(C)(C)OC(=O)c1ccc(Cl)cc1B(O)O. The molecule has 1 aromatic carbocycles. The van der Waals surface area contributed by atoms with E-state index in [4.69, 9.17) is 26.4 Å². The summed E-state index contributed by atoms with van der Waals surface area (Å²) in [4.78, 5) is 11.8. The predicted octanol–water partition coefficient (Wildman–Crippen LogP) is 0.975. The van der Waals surface area contributed by atoms with Gasteiger partial charge in [-0.25, -0.2) is 4.79 Å². The molecule has 0 aliphatic carbocycles. The molecule has 4 nitrogen and oxygen atoms in total. The minimum absolute atomic E-state index is 0.0340. The highest BCUT2D eigenvalue weighted by molar-refractivity contribution is 6.60. The van der Waals surface area contributed by atoms with Crippen LogP contribution in [0.4, 0.5) is 0 Å². The zero-order valence-electron chi connectivity index (χ0n) is 9.90. The Morgan fingerprint density at radius 1 is 1.35 bits per heavy atom. The molecule has 0 radical (unpaired) electrons. The van der Waals surface area contributed by atoms with Crippen molar-refractivity contribution in [3.8, 4) is 0 Å². The van der Waals surface area contributed by atoms with Gasteiger partial charge in [0.25, 0.3) is 0 Å². The third-order valence-corrected chi connectivity index (χ3v) is 2.15. The first kappa shape index (κ1) is 14.0. The van der Waals surface area contributed by atoms with Crippen LogP contribution in [0, 0.1) is 0 Å². The zero-order valence-corrected chi connectivity index (χ0v) is 10.7. The standard InChI is InChI=1S/C11H14BClO4/c1-11(2,3)17-10(14)8-5-4-7(13)6-9(8)12(15)16/h4-6,15-16H,1-3H3. The molecule has 0 aromatic heterocycles. The number of rotatable bonds is 2. The van der Waals surface area contributed by atoms with E-state index < -0.39 is 18.7 Å². The monoisotopic (exact) mass is 256 g/mol. The van der Waals surface area contributed by atoms with Crippen molar-refractivity contribution in [1.82, 2.24) is 0 Å². The average Bonchev–Trinajstić information content (AvgIpc) is 2.14. The van der Waals surface area contributed by atoms with Gasteiger partial charge in [-0.3, -0.25) is 0 Å². The lowest BCUT2D eigenvalue weighted by atomic mass is 9.77. The Labute approximate surface area is 105 Å². The number of esters is 1. The molecular weight excluding hydrogens is 242 g/mol. The van der Waals surface area contributed by atoms with E-state index in [1.54, 1.807) is 20.8 Å². The van der Waals surface area contributed by atoms with Crippen molar-refractivity contribution >= 4 is 30.2 Å². The van der Waals surface area contributed by atoms with Crippen molar-refractivity contribution in [1.29, 1.82) is 0 Å². The molecule has 0 aliphatic rings. The summed E-state index contributed by atoms with van der Waals surface area (Å²) in [6.45, 7) is 5.20. The fraction of sp³-hybridized carbons (Fsp3) is 0.364. The Bertz CT molecular complexity index is 426. The van der Waals surface area contributed by atoms with Crippen LogP contribution in [0.25, 0.3) is 0 Å². The quantitative estimate of drug-likeness (QED) is 0.611. The van der Waals surface area contributed by atoms with Gasteiger partial charge < -0.3 is 14.8 Å². The number of halogens is 1. The third kappa shape index (κ3) is 4.04. The maximum absolute atomic E-state index is 11.8. The fourth-order valence-corrected chi connectivity index (χ4v) is 1.45. The van der Waals surface area contributed by atoms with Crippen LogP contribution in [0.3, 0.4) is 0 Å². The summed E-state index contributed by atoms with van der Waals surface area (Å²) in [5.41, 5.74) is -0.514. The molecule has 2 N–H and O–H groups in total. The number of benzene rings is 1. The van der Waals surface area contributed by atoms with Gasteiger partial charge in [-0.2, -0.15) is 0 Å². The number of carbonyl (C=O) groups excluding carboxylic acids is 1. The molecule has 0 unspecified atom stereocenters. The maximum atomic E-state index is 11.8. The highest BCUT2D eigenvalue weighted by atomic mass is 35.5. The lowest BCUT2D eigenvalue weighted by Gasteiger charge is -2.20. The minimum Gasteiger partial charge on any atom is -0.456 e. The van der Waals surface area contributed by atoms with Gasteiger partial charge in [0.15, 0.2) is 0 Å². The van der Waals surface area contributed by atoms with Crippen molar-refractivity contribution in [3.05, 3.63) is 28.8 Å². The summed E-state index contributed by atoms with van der Waals surface area (Å²) in [5.74, 6) is -0.614. The molecule has 0 saturated carbocycles. The summed E-state index contributed by atoms with van der Waals surface area (Å²) in [7, 11) is -1.77. The first-order valence-corrected chi connectivity index (χ1v) is 5.47. The second kappa shape index (κ2) is 5.08. The van der Waals surface area contributed by atoms with Gasteiger partial charge in [-0.05, 0) is 44.4 Å². The molecule has 0 fully saturated rings. The zero-order chi connectivity index (χ0) is 13.2. The number of carbonyl (C=O) groups is 1. The van der Waals surface area contributed by atoms with E-state index in [1.807, 2.05) is 0 Å². The van der Waals surface area contributed by atoms with Crippen molar-refractivity contribution < 1.29 is 19.6 Å². The van der Waals surface area contributed by atoms with E-state index in [-0.39, 0.29) is 11.0 Å². The van der Waals surface area contributed by atoms with Gasteiger partial charge in [0.05, 0.1) is 5.56 Å². The molecular formula is C11H14BClO4. The van der Waals surface area contributed by atoms with E-state index in [1.165, 1.54) is 18.2 Å². The van der Waals surface area contributed by atoms with Gasteiger partial charge in [0.1, 0.15) is 5.60 Å². The van der Waals surface area contributed by atoms with Crippen molar-refractivity contribution in [3.63, 3.8) is 0 Å². The molecule has 1 aromatic rings. The van der Waals surface area contributed by atoms with Gasteiger partial charge in [-0.15, -0.1) is 0 Å². The van der Waals surface area contributed by atoms with Crippen molar-refractivity contribution in [2.45, 2.75) is 26.4 Å². The van der Waals surface area contributed by atoms with Crippen molar-refractivity contribution in [2.75, 3.05) is 0 Å². The summed E-state index contributed by atoms with van der Waals surface area (Å²) >= 11 is 5.72. The van der Waals surface area contributed by atoms with Crippen LogP contribution in [-0.4, -0.2) is 28.7 Å². The van der Waals surface area contributed by atoms with E-state index in [2.05, 4.69) is 0 Å². The Morgan fingerprint density at radius 2 is 1.94 bits per heavy atom. The molecule has 0 spiro atoms. The summed E-state index contributed by atoms with van der Waals surface area (Å²) in [6, 6.07) is 4.23. The molecule has 92 valence electrons. The van der Waals surface area contributed by atoms with Crippen LogP contribution in [0.1, 0.15) is 31.1 Å². The van der Waals surface area contributed by atoms with Crippen LogP contribution in [-0.2, 0) is 4.74 Å². The van der Waals surface area contributed by atoms with Crippen molar-refractivity contribution in [2.24, 2.45) is 0 Å². The number of ether oxygens (including phenoxy) is 1. The second-order valence-corrected chi connectivity index (χ2v) is 5.04. The van der Waals surface area contributed by atoms with E-state index in [9.17, 15) is 4.79 Å². The van der Waals surface area contributed by atoms with E-state index in [0.29, 0.717) is 5.02 Å². The Morgan fingerprint density at radius 3 is 2.41 bits per heavy atom. The van der Waals surface area contributed by atoms with E-state index in [0.717, 1.165) is 0 Å². The normalized spacial score (nSPS) is 11.2. The summed E-state index contributed by atoms with van der Waals surface area (Å²) < 4.78 is 5.15. The first-order chi connectivity index (χ1) is 7.70. The van der Waals surface area contributed by atoms with Crippen LogP contribution in [0.15, 0.2) is 18.2 Å². The van der Waals surface area contributed by atoms with Crippen LogP contribution < -0.4 is 5.46 Å². The van der Waals surface area contributed by atoms with Crippen LogP contribution >= 0.6 is 11.6 Å². The molecule has 0 amide bonds. The summed E-state index contributed by atoms with van der Waals surface area (Å²) in [6.07, 6.45) is 0. The minimum atomic E-state index is -1.77. The van der Waals surface area contributed by atoms with Gasteiger partial charge in [0.2, 0.25) is 0 Å². The van der Waals surface area contributed by atoms with Gasteiger partial charge >= 0.3 is 13.1 Å². The largest absolute Gasteiger partial charge is 0.489 e. The smallest absolute Gasteiger partial charge is 0.456 e. The topological polar surface area (TPSA) is 66.8 Å². The highest BCUT2D eigenvalue weighted by Crippen LogP contribution is 2.14. The molecule has 0 atom stereocenters. The first-order valence-electron chi connectivity index (χ1n) is 5.09. The average molecular weight is 256 g/mol. The predicted molar refractivity (Wildman–Crippen MR) is 66.4 cm³/mol. The summed E-state index contributed by atoms with van der Waals surface area (Å²) in [5, 5.41) is 18.7. The molecule has 0 bridgehead atoms. The molecule has 1 rings (SSSR count). The maximum Gasteiger partial charge on any atom is 0.489 e.